The van der Waals surface area contributed by atoms with Crippen LogP contribution in [0.2, 0.25) is 0 Å². The minimum Gasteiger partial charge on any atom is -0.497 e. The Hall–Kier alpha value is -2.62. The molecular weight excluding hydrogens is 317 g/mol. The van der Waals surface area contributed by atoms with Crippen molar-refractivity contribution in [2.45, 2.75) is 32.7 Å². The van der Waals surface area contributed by atoms with Crippen molar-refractivity contribution in [2.75, 3.05) is 7.11 Å². The minimum absolute atomic E-state index is 0.0916. The van der Waals surface area contributed by atoms with Crippen LogP contribution < -0.4 is 10.3 Å². The quantitative estimate of drug-likeness (QED) is 0.660. The number of rotatable bonds is 6. The predicted molar refractivity (Wildman–Crippen MR) is 98.9 cm³/mol. The first-order valence-corrected chi connectivity index (χ1v) is 8.57. The summed E-state index contributed by atoms with van der Waals surface area (Å²) in [4.78, 5) is 12.8. The molecule has 0 aliphatic carbocycles. The Labute approximate surface area is 146 Å². The number of fused-ring (bicyclic) bond motifs is 1. The van der Waals surface area contributed by atoms with Gasteiger partial charge in [0, 0.05) is 11.6 Å². The molecule has 0 atom stereocenters. The summed E-state index contributed by atoms with van der Waals surface area (Å²) in [6.07, 6.45) is 4.29. The van der Waals surface area contributed by atoms with Crippen molar-refractivity contribution in [3.63, 3.8) is 0 Å². The van der Waals surface area contributed by atoms with Gasteiger partial charge in [-0.05, 0) is 59.7 Å². The van der Waals surface area contributed by atoms with Crippen LogP contribution in [0, 0.1) is 5.82 Å². The van der Waals surface area contributed by atoms with Gasteiger partial charge in [0.05, 0.1) is 13.7 Å². The molecular formula is C21H22FNO2. The van der Waals surface area contributed by atoms with E-state index in [1.165, 1.54) is 6.07 Å². The fourth-order valence-electron chi connectivity index (χ4n) is 2.96. The van der Waals surface area contributed by atoms with E-state index in [9.17, 15) is 9.18 Å². The van der Waals surface area contributed by atoms with Crippen LogP contribution in [-0.2, 0) is 13.0 Å². The topological polar surface area (TPSA) is 31.2 Å². The first-order chi connectivity index (χ1) is 12.1. The van der Waals surface area contributed by atoms with Crippen molar-refractivity contribution in [1.82, 2.24) is 4.57 Å². The lowest BCUT2D eigenvalue weighted by molar-refractivity contribution is 0.414. The Morgan fingerprint density at radius 2 is 1.88 bits per heavy atom. The lowest BCUT2D eigenvalue weighted by Crippen LogP contribution is -2.20. The van der Waals surface area contributed by atoms with Crippen LogP contribution >= 0.6 is 0 Å². The highest BCUT2D eigenvalue weighted by atomic mass is 19.1. The van der Waals surface area contributed by atoms with Gasteiger partial charge in [-0.2, -0.15) is 0 Å². The van der Waals surface area contributed by atoms with E-state index in [2.05, 4.69) is 6.92 Å². The van der Waals surface area contributed by atoms with Crippen LogP contribution in [0.3, 0.4) is 0 Å². The van der Waals surface area contributed by atoms with Gasteiger partial charge in [0.15, 0.2) is 0 Å². The molecule has 4 heteroatoms. The second-order valence-corrected chi connectivity index (χ2v) is 6.23. The Balaban J connectivity index is 1.97. The third-order valence-corrected chi connectivity index (χ3v) is 4.46. The highest BCUT2D eigenvalue weighted by Gasteiger charge is 2.09. The fourth-order valence-corrected chi connectivity index (χ4v) is 2.96. The normalized spacial score (nSPS) is 11.0. The van der Waals surface area contributed by atoms with Crippen LogP contribution in [0.15, 0.2) is 53.5 Å². The van der Waals surface area contributed by atoms with E-state index in [0.29, 0.717) is 29.3 Å². The third-order valence-electron chi connectivity index (χ3n) is 4.46. The molecule has 3 rings (SSSR count). The van der Waals surface area contributed by atoms with Gasteiger partial charge in [-0.15, -0.1) is 0 Å². The maximum Gasteiger partial charge on any atom is 0.258 e. The summed E-state index contributed by atoms with van der Waals surface area (Å²) < 4.78 is 21.0. The first kappa shape index (κ1) is 17.2. The van der Waals surface area contributed by atoms with Crippen molar-refractivity contribution in [3.8, 4) is 5.75 Å². The number of hydrogen-bond acceptors (Lipinski definition) is 2. The lowest BCUT2D eigenvalue weighted by atomic mass is 10.0. The van der Waals surface area contributed by atoms with Crippen LogP contribution in [0.4, 0.5) is 4.39 Å². The maximum atomic E-state index is 14.2. The number of ether oxygens (including phenoxy) is 1. The van der Waals surface area contributed by atoms with Crippen molar-refractivity contribution in [1.29, 1.82) is 0 Å². The SMILES string of the molecule is CCCCc1cc2c(=O)n(Cc3ccc(OC)cc3)ccc2cc1F. The third kappa shape index (κ3) is 3.73. The number of benzene rings is 2. The number of methoxy groups -OCH3 is 1. The van der Waals surface area contributed by atoms with E-state index in [1.807, 2.05) is 24.3 Å². The molecule has 25 heavy (non-hydrogen) atoms. The van der Waals surface area contributed by atoms with Gasteiger partial charge in [-0.3, -0.25) is 4.79 Å². The van der Waals surface area contributed by atoms with Gasteiger partial charge >= 0.3 is 0 Å². The molecule has 3 nitrogen and oxygen atoms in total. The van der Waals surface area contributed by atoms with E-state index >= 15 is 0 Å². The van der Waals surface area contributed by atoms with E-state index in [4.69, 9.17) is 4.74 Å². The van der Waals surface area contributed by atoms with Gasteiger partial charge in [0.25, 0.3) is 5.56 Å². The smallest absolute Gasteiger partial charge is 0.258 e. The number of pyridine rings is 1. The van der Waals surface area contributed by atoms with Crippen molar-refractivity contribution >= 4 is 10.8 Å². The molecule has 1 heterocycles. The van der Waals surface area contributed by atoms with Crippen molar-refractivity contribution in [3.05, 3.63) is 76.0 Å². The van der Waals surface area contributed by atoms with E-state index in [0.717, 1.165) is 24.2 Å². The molecule has 130 valence electrons. The fraction of sp³-hybridized carbons (Fsp3) is 0.286. The van der Waals surface area contributed by atoms with E-state index < -0.39 is 0 Å². The van der Waals surface area contributed by atoms with E-state index in [-0.39, 0.29) is 11.4 Å². The molecule has 0 spiro atoms. The predicted octanol–water partition coefficient (Wildman–Crippen LogP) is 4.54. The molecule has 0 unspecified atom stereocenters. The van der Waals surface area contributed by atoms with Gasteiger partial charge in [0.1, 0.15) is 11.6 Å². The highest BCUT2D eigenvalue weighted by Crippen LogP contribution is 2.19. The Morgan fingerprint density at radius 3 is 2.56 bits per heavy atom. The Kier molecular flexibility index (Phi) is 5.17. The van der Waals surface area contributed by atoms with Gasteiger partial charge in [0.2, 0.25) is 0 Å². The number of halogens is 1. The van der Waals surface area contributed by atoms with Crippen LogP contribution in [0.5, 0.6) is 5.75 Å². The zero-order chi connectivity index (χ0) is 17.8. The van der Waals surface area contributed by atoms with Crippen molar-refractivity contribution < 1.29 is 9.13 Å². The standard InChI is InChI=1S/C21H22FNO2/c1-3-4-5-17-12-19-16(13-20(17)22)10-11-23(21(19)24)14-15-6-8-18(25-2)9-7-15/h6-13H,3-5,14H2,1-2H3. The van der Waals surface area contributed by atoms with Gasteiger partial charge in [-0.25, -0.2) is 4.39 Å². The zero-order valence-corrected chi connectivity index (χ0v) is 14.6. The molecule has 0 amide bonds. The van der Waals surface area contributed by atoms with Crippen LogP contribution in [-0.4, -0.2) is 11.7 Å². The minimum atomic E-state index is -0.228. The number of aryl methyl sites for hydroxylation is 1. The molecule has 0 radical (unpaired) electrons. The molecule has 1 aromatic heterocycles. The van der Waals surface area contributed by atoms with Crippen LogP contribution in [0.25, 0.3) is 10.8 Å². The molecule has 0 N–H and O–H groups in total. The summed E-state index contributed by atoms with van der Waals surface area (Å²) in [5, 5.41) is 1.22. The lowest BCUT2D eigenvalue weighted by Gasteiger charge is -2.10. The summed E-state index contributed by atoms with van der Waals surface area (Å²) in [7, 11) is 1.62. The molecule has 3 aromatic rings. The molecule has 2 aromatic carbocycles. The first-order valence-electron chi connectivity index (χ1n) is 8.57. The van der Waals surface area contributed by atoms with Crippen molar-refractivity contribution in [2.24, 2.45) is 0 Å². The monoisotopic (exact) mass is 339 g/mol. The average molecular weight is 339 g/mol. The Bertz CT molecular complexity index is 929. The summed E-state index contributed by atoms with van der Waals surface area (Å²) >= 11 is 0. The Morgan fingerprint density at radius 1 is 1.12 bits per heavy atom. The van der Waals surface area contributed by atoms with E-state index in [1.54, 1.807) is 30.0 Å². The second kappa shape index (κ2) is 7.51. The zero-order valence-electron chi connectivity index (χ0n) is 14.6. The highest BCUT2D eigenvalue weighted by molar-refractivity contribution is 5.82. The number of hydrogen-bond donors (Lipinski definition) is 0. The summed E-state index contributed by atoms with van der Waals surface area (Å²) in [6, 6.07) is 12.6. The molecule has 0 bridgehead atoms. The molecule has 0 aliphatic rings. The summed E-state index contributed by atoms with van der Waals surface area (Å²) in [5.74, 6) is 0.555. The largest absolute Gasteiger partial charge is 0.497 e. The molecule has 0 aliphatic heterocycles. The number of unbranched alkanes of at least 4 members (excludes halogenated alkanes) is 1. The van der Waals surface area contributed by atoms with Gasteiger partial charge < -0.3 is 9.30 Å². The summed E-state index contributed by atoms with van der Waals surface area (Å²) in [5.41, 5.74) is 1.54. The van der Waals surface area contributed by atoms with Gasteiger partial charge in [-0.1, -0.05) is 25.5 Å². The number of aromatic nitrogens is 1. The average Bonchev–Trinajstić information content (AvgIpc) is 2.63. The summed E-state index contributed by atoms with van der Waals surface area (Å²) in [6.45, 7) is 2.54. The van der Waals surface area contributed by atoms with Crippen LogP contribution in [0.1, 0.15) is 30.9 Å². The molecule has 0 fully saturated rings. The second-order valence-electron chi connectivity index (χ2n) is 6.23. The number of nitrogens with zero attached hydrogens (tertiary/aromatic N) is 1. The molecule has 0 saturated heterocycles. The molecule has 0 saturated carbocycles. The maximum absolute atomic E-state index is 14.2.